The maximum absolute atomic E-state index is 13.0. The summed E-state index contributed by atoms with van der Waals surface area (Å²) in [7, 11) is 0. The molecule has 1 heterocycles. The van der Waals surface area contributed by atoms with Gasteiger partial charge in [-0.15, -0.1) is 5.10 Å². The number of anilines is 1. The van der Waals surface area contributed by atoms with E-state index in [1.807, 2.05) is 24.3 Å². The van der Waals surface area contributed by atoms with Gasteiger partial charge in [0.2, 0.25) is 11.8 Å². The van der Waals surface area contributed by atoms with Crippen molar-refractivity contribution in [3.05, 3.63) is 70.5 Å². The van der Waals surface area contributed by atoms with Gasteiger partial charge in [0.15, 0.2) is 0 Å². The molecule has 1 N–H and O–H groups in total. The molecular formula is C20H20FN3O3. The molecule has 3 aromatic rings. The molecule has 140 valence electrons. The van der Waals surface area contributed by atoms with Crippen molar-refractivity contribution >= 4 is 11.6 Å². The number of carbonyl (C=O) groups is 1. The number of amides is 1. The second-order valence-corrected chi connectivity index (χ2v) is 7.18. The van der Waals surface area contributed by atoms with Crippen molar-refractivity contribution in [2.45, 2.75) is 32.7 Å². The van der Waals surface area contributed by atoms with Gasteiger partial charge in [-0.2, -0.15) is 4.68 Å². The van der Waals surface area contributed by atoms with E-state index in [1.54, 1.807) is 0 Å². The highest BCUT2D eigenvalue weighted by Gasteiger charge is 2.19. The Bertz CT molecular complexity index is 1010. The second-order valence-electron chi connectivity index (χ2n) is 7.18. The summed E-state index contributed by atoms with van der Waals surface area (Å²) in [5, 5.41) is 6.84. The highest BCUT2D eigenvalue weighted by atomic mass is 19.1. The fourth-order valence-corrected chi connectivity index (χ4v) is 2.69. The SMILES string of the molecule is CC(C)(C)c1ccccc1NC(=O)Cn1nc(-c2ccc(F)cc2)oc1=O. The molecule has 2 aromatic carbocycles. The Labute approximate surface area is 155 Å². The third-order valence-electron chi connectivity index (χ3n) is 4.00. The second kappa shape index (κ2) is 7.19. The number of nitrogens with zero attached hydrogens (tertiary/aromatic N) is 2. The first-order valence-corrected chi connectivity index (χ1v) is 8.47. The standard InChI is InChI=1S/C20H20FN3O3/c1-20(2,3)15-6-4-5-7-16(15)22-17(25)12-24-19(26)27-18(23-24)13-8-10-14(21)11-9-13/h4-11H,12H2,1-3H3,(H,22,25). The largest absolute Gasteiger partial charge is 0.437 e. The van der Waals surface area contributed by atoms with Crippen LogP contribution >= 0.6 is 0 Å². The number of carbonyl (C=O) groups excluding carboxylic acids is 1. The number of rotatable bonds is 4. The first-order valence-electron chi connectivity index (χ1n) is 8.47. The molecule has 7 heteroatoms. The van der Waals surface area contributed by atoms with Gasteiger partial charge >= 0.3 is 5.76 Å². The van der Waals surface area contributed by atoms with E-state index in [1.165, 1.54) is 24.3 Å². The Morgan fingerprint density at radius 1 is 1.15 bits per heavy atom. The van der Waals surface area contributed by atoms with Crippen molar-refractivity contribution in [1.82, 2.24) is 9.78 Å². The number of nitrogens with one attached hydrogen (secondary N) is 1. The van der Waals surface area contributed by atoms with E-state index in [0.717, 1.165) is 10.2 Å². The number of benzene rings is 2. The van der Waals surface area contributed by atoms with Crippen molar-refractivity contribution < 1.29 is 13.6 Å². The Morgan fingerprint density at radius 3 is 2.48 bits per heavy atom. The third kappa shape index (κ3) is 4.31. The quantitative estimate of drug-likeness (QED) is 0.763. The first-order chi connectivity index (χ1) is 12.7. The van der Waals surface area contributed by atoms with E-state index in [0.29, 0.717) is 11.3 Å². The molecule has 0 unspecified atom stereocenters. The number of halogens is 1. The summed E-state index contributed by atoms with van der Waals surface area (Å²) in [6, 6.07) is 12.9. The summed E-state index contributed by atoms with van der Waals surface area (Å²) in [6.45, 7) is 5.86. The van der Waals surface area contributed by atoms with Crippen molar-refractivity contribution in [2.75, 3.05) is 5.32 Å². The number of hydrogen-bond acceptors (Lipinski definition) is 4. The zero-order valence-corrected chi connectivity index (χ0v) is 15.3. The average Bonchev–Trinajstić information content (AvgIpc) is 2.95. The fraction of sp³-hybridized carbons (Fsp3) is 0.250. The molecule has 0 atom stereocenters. The van der Waals surface area contributed by atoms with Gasteiger partial charge in [0.1, 0.15) is 12.4 Å². The summed E-state index contributed by atoms with van der Waals surface area (Å²) in [5.41, 5.74) is 1.97. The van der Waals surface area contributed by atoms with Gasteiger partial charge in [0.05, 0.1) is 0 Å². The van der Waals surface area contributed by atoms with Crippen LogP contribution in [0.4, 0.5) is 10.1 Å². The van der Waals surface area contributed by atoms with Crippen molar-refractivity contribution in [3.63, 3.8) is 0 Å². The van der Waals surface area contributed by atoms with Crippen LogP contribution in [0, 0.1) is 5.82 Å². The molecule has 27 heavy (non-hydrogen) atoms. The summed E-state index contributed by atoms with van der Waals surface area (Å²) in [6.07, 6.45) is 0. The number of aromatic nitrogens is 2. The predicted molar refractivity (Wildman–Crippen MR) is 99.9 cm³/mol. The van der Waals surface area contributed by atoms with Gasteiger partial charge in [0.25, 0.3) is 0 Å². The monoisotopic (exact) mass is 369 g/mol. The maximum Gasteiger partial charge on any atom is 0.437 e. The van der Waals surface area contributed by atoms with Crippen LogP contribution in [0.1, 0.15) is 26.3 Å². The Kier molecular flexibility index (Phi) is 4.94. The molecular weight excluding hydrogens is 349 g/mol. The van der Waals surface area contributed by atoms with Crippen molar-refractivity contribution in [2.24, 2.45) is 0 Å². The molecule has 0 saturated heterocycles. The van der Waals surface area contributed by atoms with Crippen LogP contribution in [-0.4, -0.2) is 15.7 Å². The normalized spacial score (nSPS) is 11.4. The fourth-order valence-electron chi connectivity index (χ4n) is 2.69. The molecule has 6 nitrogen and oxygen atoms in total. The Balaban J connectivity index is 1.78. The molecule has 0 aliphatic carbocycles. The minimum absolute atomic E-state index is 0.0305. The highest BCUT2D eigenvalue weighted by Crippen LogP contribution is 2.29. The van der Waals surface area contributed by atoms with E-state index in [-0.39, 0.29) is 17.9 Å². The van der Waals surface area contributed by atoms with E-state index >= 15 is 0 Å². The van der Waals surface area contributed by atoms with E-state index in [2.05, 4.69) is 31.2 Å². The molecule has 0 aliphatic heterocycles. The van der Waals surface area contributed by atoms with Crippen molar-refractivity contribution in [1.29, 1.82) is 0 Å². The molecule has 0 bridgehead atoms. The van der Waals surface area contributed by atoms with Crippen LogP contribution in [0.5, 0.6) is 0 Å². The van der Waals surface area contributed by atoms with Gasteiger partial charge in [0, 0.05) is 11.3 Å². The molecule has 0 spiro atoms. The van der Waals surface area contributed by atoms with Gasteiger partial charge in [-0.05, 0) is 41.3 Å². The summed E-state index contributed by atoms with van der Waals surface area (Å²) in [5.74, 6) is -1.53. The van der Waals surface area contributed by atoms with Crippen LogP contribution in [0.3, 0.4) is 0 Å². The smallest absolute Gasteiger partial charge is 0.388 e. The average molecular weight is 369 g/mol. The molecule has 0 radical (unpaired) electrons. The number of para-hydroxylation sites is 1. The highest BCUT2D eigenvalue weighted by molar-refractivity contribution is 5.91. The zero-order valence-electron chi connectivity index (χ0n) is 15.3. The van der Waals surface area contributed by atoms with Gasteiger partial charge < -0.3 is 9.73 Å². The molecule has 0 aliphatic rings. The minimum atomic E-state index is -0.756. The molecule has 0 saturated carbocycles. The molecule has 0 fully saturated rings. The Hall–Kier alpha value is -3.22. The lowest BCUT2D eigenvalue weighted by atomic mass is 9.86. The maximum atomic E-state index is 13.0. The van der Waals surface area contributed by atoms with Gasteiger partial charge in [-0.25, -0.2) is 9.18 Å². The lowest BCUT2D eigenvalue weighted by Gasteiger charge is -2.22. The van der Waals surface area contributed by atoms with E-state index < -0.39 is 17.5 Å². The van der Waals surface area contributed by atoms with Crippen molar-refractivity contribution in [3.8, 4) is 11.5 Å². The third-order valence-corrected chi connectivity index (χ3v) is 4.00. The molecule has 1 amide bonds. The Morgan fingerprint density at radius 2 is 1.81 bits per heavy atom. The zero-order chi connectivity index (χ0) is 19.6. The topological polar surface area (TPSA) is 77.1 Å². The summed E-state index contributed by atoms with van der Waals surface area (Å²) in [4.78, 5) is 24.4. The first kappa shape index (κ1) is 18.6. The lowest BCUT2D eigenvalue weighted by Crippen LogP contribution is -2.27. The molecule has 1 aromatic heterocycles. The van der Waals surface area contributed by atoms with Gasteiger partial charge in [-0.3, -0.25) is 4.79 Å². The van der Waals surface area contributed by atoms with E-state index in [9.17, 15) is 14.0 Å². The predicted octanol–water partition coefficient (Wildman–Crippen LogP) is 3.58. The van der Waals surface area contributed by atoms with Crippen LogP contribution in [0.25, 0.3) is 11.5 Å². The van der Waals surface area contributed by atoms with E-state index in [4.69, 9.17) is 4.42 Å². The van der Waals surface area contributed by atoms with Crippen LogP contribution in [0.2, 0.25) is 0 Å². The van der Waals surface area contributed by atoms with Crippen LogP contribution < -0.4 is 11.1 Å². The van der Waals surface area contributed by atoms with Gasteiger partial charge in [-0.1, -0.05) is 39.0 Å². The number of hydrogen-bond donors (Lipinski definition) is 1. The minimum Gasteiger partial charge on any atom is -0.388 e. The lowest BCUT2D eigenvalue weighted by molar-refractivity contribution is -0.117. The van der Waals surface area contributed by atoms with Crippen LogP contribution in [-0.2, 0) is 16.8 Å². The summed E-state index contributed by atoms with van der Waals surface area (Å²) < 4.78 is 19.0. The summed E-state index contributed by atoms with van der Waals surface area (Å²) >= 11 is 0. The molecule has 3 rings (SSSR count). The van der Waals surface area contributed by atoms with Crippen LogP contribution in [0.15, 0.2) is 57.7 Å².